The van der Waals surface area contributed by atoms with E-state index in [1.165, 1.54) is 4.67 Å². The van der Waals surface area contributed by atoms with Crippen LogP contribution in [-0.2, 0) is 9.13 Å². The zero-order valence-corrected chi connectivity index (χ0v) is 7.70. The molecule has 0 aromatic carbocycles. The first-order valence-electron chi connectivity index (χ1n) is 2.73. The number of halogens is 2. The van der Waals surface area contributed by atoms with E-state index in [0.29, 0.717) is 24.8 Å². The van der Waals surface area contributed by atoms with Crippen LogP contribution in [0.25, 0.3) is 0 Å². The molecule has 0 radical (unpaired) electrons. The topological polar surface area (TPSA) is 37.4 Å². The largest absolute Gasteiger partial charge is 0.398 e. The van der Waals surface area contributed by atoms with Gasteiger partial charge in [0.2, 0.25) is 0 Å². The van der Waals surface area contributed by atoms with E-state index in [2.05, 4.69) is 0 Å². The third-order valence-electron chi connectivity index (χ3n) is 0.916. The maximum Gasteiger partial charge on any atom is 0.398 e. The molecular weight excluding hydrogens is 196 g/mol. The van der Waals surface area contributed by atoms with E-state index in [1.54, 1.807) is 0 Å². The standard InChI is InChI=1S/C4H8Cl2NO2P/c5-1-3-7(4-2-6)10(8)9/h1-4H2. The molecule has 0 bridgehead atoms. The van der Waals surface area contributed by atoms with Gasteiger partial charge < -0.3 is 0 Å². The van der Waals surface area contributed by atoms with Gasteiger partial charge in [-0.1, -0.05) is 0 Å². The Bertz CT molecular complexity index is 136. The summed E-state index contributed by atoms with van der Waals surface area (Å²) in [6, 6.07) is 0. The van der Waals surface area contributed by atoms with Crippen molar-refractivity contribution in [1.29, 1.82) is 0 Å². The van der Waals surface area contributed by atoms with Crippen molar-refractivity contribution >= 4 is 31.0 Å². The summed E-state index contributed by atoms with van der Waals surface area (Å²) in [6.07, 6.45) is 0. The molecule has 0 unspecified atom stereocenters. The van der Waals surface area contributed by atoms with Crippen molar-refractivity contribution in [3.8, 4) is 0 Å². The highest BCUT2D eigenvalue weighted by atomic mass is 35.5. The molecule has 0 fully saturated rings. The van der Waals surface area contributed by atoms with E-state index in [-0.39, 0.29) is 0 Å². The van der Waals surface area contributed by atoms with Crippen molar-refractivity contribution in [2.24, 2.45) is 0 Å². The highest BCUT2D eigenvalue weighted by molar-refractivity contribution is 7.27. The molecule has 0 atom stereocenters. The van der Waals surface area contributed by atoms with E-state index in [4.69, 9.17) is 23.2 Å². The molecule has 0 saturated carbocycles. The van der Waals surface area contributed by atoms with Crippen molar-refractivity contribution < 1.29 is 9.13 Å². The van der Waals surface area contributed by atoms with E-state index in [9.17, 15) is 9.13 Å². The van der Waals surface area contributed by atoms with Gasteiger partial charge in [0.05, 0.1) is 0 Å². The summed E-state index contributed by atoms with van der Waals surface area (Å²) in [4.78, 5) is 0. The second-order valence-corrected chi connectivity index (χ2v) is 3.37. The van der Waals surface area contributed by atoms with Crippen LogP contribution in [-0.4, -0.2) is 29.5 Å². The fourth-order valence-electron chi connectivity index (χ4n) is 0.470. The number of alkyl halides is 2. The van der Waals surface area contributed by atoms with Crippen molar-refractivity contribution in [3.63, 3.8) is 0 Å². The van der Waals surface area contributed by atoms with Crippen molar-refractivity contribution in [2.45, 2.75) is 0 Å². The van der Waals surface area contributed by atoms with Crippen LogP contribution in [0, 0.1) is 0 Å². The Kier molecular flexibility index (Phi) is 6.44. The van der Waals surface area contributed by atoms with E-state index in [1.807, 2.05) is 0 Å². The van der Waals surface area contributed by atoms with Gasteiger partial charge in [0.25, 0.3) is 0 Å². The van der Waals surface area contributed by atoms with Gasteiger partial charge in [-0.2, -0.15) is 4.67 Å². The molecule has 0 aromatic rings. The fraction of sp³-hybridized carbons (Fsp3) is 1.00. The molecule has 0 amide bonds. The average Bonchev–Trinajstić information content (AvgIpc) is 1.87. The maximum atomic E-state index is 10.3. The van der Waals surface area contributed by atoms with Gasteiger partial charge in [0.15, 0.2) is 0 Å². The Morgan fingerprint density at radius 3 is 1.70 bits per heavy atom. The Morgan fingerprint density at radius 1 is 1.10 bits per heavy atom. The molecule has 0 aliphatic rings. The van der Waals surface area contributed by atoms with Gasteiger partial charge in [0, 0.05) is 24.8 Å². The maximum absolute atomic E-state index is 10.3. The molecule has 60 valence electrons. The Morgan fingerprint density at radius 2 is 1.50 bits per heavy atom. The quantitative estimate of drug-likeness (QED) is 0.506. The van der Waals surface area contributed by atoms with Gasteiger partial charge >= 0.3 is 7.83 Å². The summed E-state index contributed by atoms with van der Waals surface area (Å²) >= 11 is 10.6. The first-order valence-corrected chi connectivity index (χ1v) is 4.93. The highest BCUT2D eigenvalue weighted by Gasteiger charge is 2.06. The molecule has 0 aliphatic carbocycles. The molecule has 0 rings (SSSR count). The first kappa shape index (κ1) is 10.4. The molecule has 0 spiro atoms. The minimum absolute atomic E-state index is 0.306. The van der Waals surface area contributed by atoms with E-state index in [0.717, 1.165) is 0 Å². The molecule has 0 N–H and O–H groups in total. The van der Waals surface area contributed by atoms with Crippen LogP contribution in [0.1, 0.15) is 0 Å². The predicted molar refractivity (Wildman–Crippen MR) is 41.3 cm³/mol. The van der Waals surface area contributed by atoms with Crippen LogP contribution in [0.3, 0.4) is 0 Å². The minimum Gasteiger partial charge on any atom is -0.218 e. The number of rotatable bonds is 5. The average molecular weight is 204 g/mol. The lowest BCUT2D eigenvalue weighted by Crippen LogP contribution is -2.18. The normalized spacial score (nSPS) is 10.3. The summed E-state index contributed by atoms with van der Waals surface area (Å²) in [6.45, 7) is 0.681. The van der Waals surface area contributed by atoms with Gasteiger partial charge in [-0.05, 0) is 0 Å². The first-order chi connectivity index (χ1) is 4.72. The molecular formula is C4H8Cl2NO2P. The van der Waals surface area contributed by atoms with Crippen LogP contribution < -0.4 is 0 Å². The van der Waals surface area contributed by atoms with Crippen molar-refractivity contribution in [1.82, 2.24) is 4.67 Å². The number of hydrogen-bond acceptors (Lipinski definition) is 2. The van der Waals surface area contributed by atoms with Gasteiger partial charge in [-0.25, -0.2) is 9.13 Å². The molecule has 0 saturated heterocycles. The third kappa shape index (κ3) is 4.29. The Balaban J connectivity index is 3.73. The lowest BCUT2D eigenvalue weighted by molar-refractivity contribution is 0.417. The second kappa shape index (κ2) is 6.17. The van der Waals surface area contributed by atoms with Crippen LogP contribution >= 0.6 is 31.0 Å². The zero-order valence-electron chi connectivity index (χ0n) is 5.30. The third-order valence-corrected chi connectivity index (χ3v) is 2.12. The lowest BCUT2D eigenvalue weighted by atomic mass is 10.7. The molecule has 0 aliphatic heterocycles. The van der Waals surface area contributed by atoms with Crippen molar-refractivity contribution in [3.05, 3.63) is 0 Å². The molecule has 3 nitrogen and oxygen atoms in total. The van der Waals surface area contributed by atoms with E-state index < -0.39 is 7.83 Å². The van der Waals surface area contributed by atoms with Crippen LogP contribution in [0.4, 0.5) is 0 Å². The molecule has 10 heavy (non-hydrogen) atoms. The highest BCUT2D eigenvalue weighted by Crippen LogP contribution is 2.12. The summed E-state index contributed by atoms with van der Waals surface area (Å²) in [5.74, 6) is 0.612. The molecule has 6 heteroatoms. The number of hydrogen-bond donors (Lipinski definition) is 0. The zero-order chi connectivity index (χ0) is 7.98. The summed E-state index contributed by atoms with van der Waals surface area (Å²) in [5.41, 5.74) is 0. The van der Waals surface area contributed by atoms with Gasteiger partial charge in [-0.15, -0.1) is 23.2 Å². The van der Waals surface area contributed by atoms with Crippen LogP contribution in [0.2, 0.25) is 0 Å². The second-order valence-electron chi connectivity index (χ2n) is 1.57. The Hall–Kier alpha value is 0.440. The smallest absolute Gasteiger partial charge is 0.218 e. The van der Waals surface area contributed by atoms with Crippen LogP contribution in [0.5, 0.6) is 0 Å². The monoisotopic (exact) mass is 203 g/mol. The number of nitrogens with zero attached hydrogens (tertiary/aromatic N) is 1. The lowest BCUT2D eigenvalue weighted by Gasteiger charge is -2.07. The van der Waals surface area contributed by atoms with E-state index >= 15 is 0 Å². The van der Waals surface area contributed by atoms with Crippen LogP contribution in [0.15, 0.2) is 0 Å². The van der Waals surface area contributed by atoms with Gasteiger partial charge in [0.1, 0.15) is 0 Å². The van der Waals surface area contributed by atoms with Gasteiger partial charge in [-0.3, -0.25) is 0 Å². The predicted octanol–water partition coefficient (Wildman–Crippen LogP) is 1.85. The summed E-state index contributed by atoms with van der Waals surface area (Å²) in [7, 11) is -2.51. The summed E-state index contributed by atoms with van der Waals surface area (Å²) < 4.78 is 21.9. The summed E-state index contributed by atoms with van der Waals surface area (Å²) in [5, 5.41) is 0. The minimum atomic E-state index is -2.51. The fourth-order valence-corrected chi connectivity index (χ4v) is 1.64. The SMILES string of the molecule is O=P(=O)N(CCCl)CCCl. The Labute approximate surface area is 70.2 Å². The molecule has 0 aromatic heterocycles. The molecule has 0 heterocycles. The van der Waals surface area contributed by atoms with Crippen molar-refractivity contribution in [2.75, 3.05) is 24.8 Å².